The third-order valence-electron chi connectivity index (χ3n) is 10.9. The molecule has 8 nitrogen and oxygen atoms in total. The van der Waals surface area contributed by atoms with Crippen molar-refractivity contribution in [3.63, 3.8) is 0 Å². The first kappa shape index (κ1) is 33.5. The van der Waals surface area contributed by atoms with Crippen molar-refractivity contribution in [1.29, 1.82) is 0 Å². The van der Waals surface area contributed by atoms with E-state index in [2.05, 4.69) is 9.80 Å². The van der Waals surface area contributed by atoms with E-state index in [4.69, 9.17) is 18.5 Å². The van der Waals surface area contributed by atoms with Gasteiger partial charge in [0.2, 0.25) is 0 Å². The quantitative estimate of drug-likeness (QED) is 0.118. The van der Waals surface area contributed by atoms with E-state index < -0.39 is 26.3 Å². The molecular weight excluding hydrogens is 714 g/mol. The summed E-state index contributed by atoms with van der Waals surface area (Å²) >= 11 is 0. The van der Waals surface area contributed by atoms with E-state index in [9.17, 15) is 0 Å². The van der Waals surface area contributed by atoms with Crippen molar-refractivity contribution in [3.8, 4) is 45.3 Å². The van der Waals surface area contributed by atoms with Gasteiger partial charge in [-0.05, 0) is 60.4 Å². The van der Waals surface area contributed by atoms with E-state index in [0.717, 1.165) is 68.3 Å². The lowest BCUT2D eigenvalue weighted by Gasteiger charge is -2.43. The number of benzene rings is 6. The molecule has 6 aromatic rings. The molecule has 4 heterocycles. The van der Waals surface area contributed by atoms with Crippen LogP contribution in [0.5, 0.6) is 23.0 Å². The average molecular weight is 753 g/mol. The highest BCUT2D eigenvalue weighted by Crippen LogP contribution is 2.67. The first-order chi connectivity index (χ1) is 26.5. The Morgan fingerprint density at radius 1 is 0.444 bits per heavy atom. The number of rotatable bonds is 7. The topological polar surface area (TPSA) is 77.5 Å². The Bertz CT molecular complexity index is 2330. The molecule has 0 radical (unpaired) electrons. The van der Waals surface area contributed by atoms with Gasteiger partial charge in [0.15, 0.2) is 0 Å². The van der Waals surface area contributed by atoms with E-state index in [-0.39, 0.29) is 13.5 Å². The Balaban J connectivity index is 0.948. The van der Waals surface area contributed by atoms with Crippen LogP contribution in [0.25, 0.3) is 22.3 Å². The lowest BCUT2D eigenvalue weighted by atomic mass is 10.0. The molecule has 0 aromatic heterocycles. The zero-order valence-electron chi connectivity index (χ0n) is 29.5. The minimum absolute atomic E-state index is 0.279. The zero-order chi connectivity index (χ0) is 36.3. The Labute approximate surface area is 314 Å². The highest BCUT2D eigenvalue weighted by Gasteiger charge is 2.51. The minimum atomic E-state index is -3.54. The molecule has 0 saturated carbocycles. The number of hydrogen-bond acceptors (Lipinski definition) is 8. The van der Waals surface area contributed by atoms with Crippen LogP contribution in [0.2, 0.25) is 0 Å². The second kappa shape index (κ2) is 13.3. The van der Waals surface area contributed by atoms with Gasteiger partial charge in [-0.15, -0.1) is 0 Å². The van der Waals surface area contributed by atoms with Crippen LogP contribution in [-0.4, -0.2) is 36.4 Å². The van der Waals surface area contributed by atoms with Crippen molar-refractivity contribution in [2.75, 3.05) is 26.6 Å². The van der Waals surface area contributed by atoms with Gasteiger partial charge in [0, 0.05) is 35.3 Å². The van der Waals surface area contributed by atoms with Crippen molar-refractivity contribution in [2.24, 2.45) is 0 Å². The summed E-state index contributed by atoms with van der Waals surface area (Å²) in [6, 6.07) is 47.2. The summed E-state index contributed by atoms with van der Waals surface area (Å²) in [5.74, 6) is 1.61. The summed E-state index contributed by atoms with van der Waals surface area (Å²) < 4.78 is 57.0. The van der Waals surface area contributed by atoms with Crippen LogP contribution in [0.3, 0.4) is 0 Å². The molecule has 54 heavy (non-hydrogen) atoms. The molecule has 0 N–H and O–H groups in total. The van der Waals surface area contributed by atoms with Crippen molar-refractivity contribution in [3.05, 3.63) is 157 Å². The lowest BCUT2D eigenvalue weighted by Crippen LogP contribution is -2.41. The molecule has 4 aliphatic heterocycles. The van der Waals surface area contributed by atoms with E-state index in [1.165, 1.54) is 0 Å². The summed E-state index contributed by atoms with van der Waals surface area (Å²) in [6.07, 6.45) is 1.52. The molecule has 4 atom stereocenters. The number of unbranched alkanes of at least 4 members (excludes halogenated alkanes) is 1. The van der Waals surface area contributed by atoms with Gasteiger partial charge in [-0.1, -0.05) is 109 Å². The fourth-order valence-corrected chi connectivity index (χ4v) is 14.4. The third-order valence-corrected chi connectivity index (χ3v) is 16.5. The summed E-state index contributed by atoms with van der Waals surface area (Å²) in [7, 11) is -7.09. The maximum atomic E-state index is 15.6. The Morgan fingerprint density at radius 2 is 0.796 bits per heavy atom. The SMILES string of the molecule is O=P1(C2c3ccccc3OCN2CCCCN2COc3ccccc3C2P2(=O)Oc3ccccc3-c3ccccc32)Oc2ccccc2-c2ccccc21. The minimum Gasteiger partial charge on any atom is -0.478 e. The van der Waals surface area contributed by atoms with Gasteiger partial charge in [-0.25, -0.2) is 0 Å². The van der Waals surface area contributed by atoms with Gasteiger partial charge < -0.3 is 18.5 Å². The molecule has 270 valence electrons. The summed E-state index contributed by atoms with van der Waals surface area (Å²) in [5, 5.41) is 1.45. The molecule has 10 heteroatoms. The van der Waals surface area contributed by atoms with Gasteiger partial charge in [0.1, 0.15) is 48.0 Å². The molecule has 0 amide bonds. The molecule has 4 aliphatic rings. The second-order valence-corrected chi connectivity index (χ2v) is 18.8. The van der Waals surface area contributed by atoms with Gasteiger partial charge in [0.25, 0.3) is 14.7 Å². The van der Waals surface area contributed by atoms with Crippen LogP contribution in [0.4, 0.5) is 0 Å². The predicted molar refractivity (Wildman–Crippen MR) is 211 cm³/mol. The molecule has 0 bridgehead atoms. The molecule has 10 rings (SSSR count). The summed E-state index contributed by atoms with van der Waals surface area (Å²) in [5.41, 5.74) is 5.47. The number of nitrogens with zero attached hydrogens (tertiary/aromatic N) is 2. The van der Waals surface area contributed by atoms with E-state index in [0.29, 0.717) is 24.6 Å². The normalized spacial score (nSPS) is 23.7. The lowest BCUT2D eigenvalue weighted by molar-refractivity contribution is 0.0700. The molecule has 0 spiro atoms. The van der Waals surface area contributed by atoms with Crippen LogP contribution >= 0.6 is 14.7 Å². The summed E-state index contributed by atoms with van der Waals surface area (Å²) in [4.78, 5) is 4.32. The Morgan fingerprint density at radius 3 is 1.24 bits per heavy atom. The van der Waals surface area contributed by atoms with Crippen molar-refractivity contribution >= 4 is 25.3 Å². The van der Waals surface area contributed by atoms with E-state index in [1.54, 1.807) is 0 Å². The first-order valence-electron chi connectivity index (χ1n) is 18.4. The Hall–Kier alpha value is -5.10. The van der Waals surface area contributed by atoms with Crippen molar-refractivity contribution in [1.82, 2.24) is 9.80 Å². The van der Waals surface area contributed by atoms with E-state index >= 15 is 9.13 Å². The van der Waals surface area contributed by atoms with Crippen LogP contribution in [-0.2, 0) is 9.13 Å². The fraction of sp³-hybridized carbons (Fsp3) is 0.182. The average Bonchev–Trinajstić information content (AvgIpc) is 3.22. The first-order valence-corrected chi connectivity index (χ1v) is 21.8. The number of para-hydroxylation sites is 4. The van der Waals surface area contributed by atoms with E-state index in [1.807, 2.05) is 146 Å². The zero-order valence-corrected chi connectivity index (χ0v) is 31.3. The van der Waals surface area contributed by atoms with Gasteiger partial charge in [-0.2, -0.15) is 0 Å². The van der Waals surface area contributed by atoms with Crippen LogP contribution < -0.4 is 29.1 Å². The second-order valence-electron chi connectivity index (χ2n) is 14.1. The highest BCUT2D eigenvalue weighted by molar-refractivity contribution is 7.68. The van der Waals surface area contributed by atoms with Gasteiger partial charge in [0.05, 0.1) is 10.6 Å². The van der Waals surface area contributed by atoms with Gasteiger partial charge >= 0.3 is 0 Å². The van der Waals surface area contributed by atoms with Crippen molar-refractivity contribution < 1.29 is 27.7 Å². The highest BCUT2D eigenvalue weighted by atomic mass is 31.2. The fourth-order valence-electron chi connectivity index (χ4n) is 8.53. The maximum Gasteiger partial charge on any atom is 0.299 e. The monoisotopic (exact) mass is 752 g/mol. The smallest absolute Gasteiger partial charge is 0.299 e. The predicted octanol–water partition coefficient (Wildman–Crippen LogP) is 9.79. The molecular formula is C44H38N2O6P2. The maximum absolute atomic E-state index is 15.6. The van der Waals surface area contributed by atoms with Gasteiger partial charge in [-0.3, -0.25) is 18.9 Å². The molecule has 0 aliphatic carbocycles. The number of ether oxygens (including phenoxy) is 2. The molecule has 0 fully saturated rings. The third kappa shape index (κ3) is 5.35. The van der Waals surface area contributed by atoms with Crippen LogP contribution in [0.1, 0.15) is 35.5 Å². The molecule has 4 unspecified atom stereocenters. The largest absolute Gasteiger partial charge is 0.478 e. The molecule has 0 saturated heterocycles. The summed E-state index contributed by atoms with van der Waals surface area (Å²) in [6.45, 7) is 1.77. The van der Waals surface area contributed by atoms with Crippen molar-refractivity contribution in [2.45, 2.75) is 24.4 Å². The molecule has 6 aromatic carbocycles. The number of hydrogen-bond donors (Lipinski definition) is 0. The Kier molecular flexibility index (Phi) is 8.26. The van der Waals surface area contributed by atoms with Crippen LogP contribution in [0.15, 0.2) is 146 Å². The standard InChI is InChI=1S/C44H38N2O6P2/c47-53(41-25-11-5-17-33(41)31-15-1-9-23-39(31)51-53)43-35-19-3-7-21-37(35)49-29-45(43)27-13-14-28-46-30-50-38-22-8-4-20-36(38)44(46)54(48)42-26-12-6-18-34(42)32-16-2-10-24-40(32)52-54/h1-12,15-26,43-44H,13-14,27-30H2. The van der Waals surface area contributed by atoms with Crippen LogP contribution in [0, 0.1) is 0 Å². The number of fused-ring (bicyclic) bond motifs is 8.